The summed E-state index contributed by atoms with van der Waals surface area (Å²) in [5.74, 6) is 1.15. The van der Waals surface area contributed by atoms with Crippen molar-refractivity contribution in [1.29, 1.82) is 0 Å². The molecule has 25 heavy (non-hydrogen) atoms. The Morgan fingerprint density at radius 1 is 1.32 bits per heavy atom. The van der Waals surface area contributed by atoms with Crippen LogP contribution in [0.15, 0.2) is 34.2 Å². The van der Waals surface area contributed by atoms with E-state index in [2.05, 4.69) is 15.0 Å². The lowest BCUT2D eigenvalue weighted by Crippen LogP contribution is -2.37. The SMILES string of the molecule is COCCNS(=O)(=O)c1ccc(CN=C(N)NCC2CCC2)cc1.I. The molecule has 0 unspecified atom stereocenters. The van der Waals surface area contributed by atoms with E-state index in [0.717, 1.165) is 12.1 Å². The van der Waals surface area contributed by atoms with Gasteiger partial charge in [0.2, 0.25) is 10.0 Å². The fourth-order valence-electron chi connectivity index (χ4n) is 2.31. The monoisotopic (exact) mass is 482 g/mol. The average molecular weight is 482 g/mol. The molecule has 1 aliphatic rings. The van der Waals surface area contributed by atoms with E-state index in [1.54, 1.807) is 24.3 Å². The van der Waals surface area contributed by atoms with Gasteiger partial charge in [0.15, 0.2) is 5.96 Å². The lowest BCUT2D eigenvalue weighted by Gasteiger charge is -2.25. The molecule has 2 rings (SSSR count). The molecule has 1 aromatic carbocycles. The molecular weight excluding hydrogens is 455 g/mol. The maximum atomic E-state index is 12.0. The molecule has 4 N–H and O–H groups in total. The van der Waals surface area contributed by atoms with Gasteiger partial charge in [-0.25, -0.2) is 18.1 Å². The number of ether oxygens (including phenoxy) is 1. The molecular formula is C16H27IN4O3S. The average Bonchev–Trinajstić information content (AvgIpc) is 2.52. The highest BCUT2D eigenvalue weighted by atomic mass is 127. The number of nitrogens with one attached hydrogen (secondary N) is 2. The Bertz CT molecular complexity index is 646. The van der Waals surface area contributed by atoms with Crippen LogP contribution >= 0.6 is 24.0 Å². The van der Waals surface area contributed by atoms with Crippen LogP contribution in [0.2, 0.25) is 0 Å². The van der Waals surface area contributed by atoms with Crippen molar-refractivity contribution >= 4 is 40.0 Å². The summed E-state index contributed by atoms with van der Waals surface area (Å²) in [5.41, 5.74) is 6.74. The van der Waals surface area contributed by atoms with Gasteiger partial charge in [0.05, 0.1) is 18.0 Å². The smallest absolute Gasteiger partial charge is 0.240 e. The normalized spacial score (nSPS) is 15.3. The molecule has 9 heteroatoms. The zero-order chi connectivity index (χ0) is 17.4. The second kappa shape index (κ2) is 10.9. The van der Waals surface area contributed by atoms with Crippen molar-refractivity contribution in [1.82, 2.24) is 10.0 Å². The van der Waals surface area contributed by atoms with Crippen molar-refractivity contribution in [2.45, 2.75) is 30.7 Å². The molecule has 142 valence electrons. The second-order valence-corrected chi connectivity index (χ2v) is 7.68. The molecule has 0 aliphatic heterocycles. The number of halogens is 1. The zero-order valence-corrected chi connectivity index (χ0v) is 17.5. The van der Waals surface area contributed by atoms with Crippen LogP contribution in [0.1, 0.15) is 24.8 Å². The van der Waals surface area contributed by atoms with Crippen LogP contribution in [-0.4, -0.2) is 41.2 Å². The van der Waals surface area contributed by atoms with Gasteiger partial charge in [-0.15, -0.1) is 24.0 Å². The Kier molecular flexibility index (Phi) is 9.69. The number of hydrogen-bond acceptors (Lipinski definition) is 4. The summed E-state index contributed by atoms with van der Waals surface area (Å²) in [6, 6.07) is 6.62. The van der Waals surface area contributed by atoms with E-state index in [1.165, 1.54) is 26.4 Å². The third-order valence-electron chi connectivity index (χ3n) is 4.06. The van der Waals surface area contributed by atoms with Crippen molar-refractivity contribution < 1.29 is 13.2 Å². The molecule has 1 saturated carbocycles. The highest BCUT2D eigenvalue weighted by Crippen LogP contribution is 2.24. The molecule has 1 aliphatic carbocycles. The predicted molar refractivity (Wildman–Crippen MR) is 110 cm³/mol. The van der Waals surface area contributed by atoms with E-state index in [0.29, 0.717) is 25.0 Å². The molecule has 1 fully saturated rings. The van der Waals surface area contributed by atoms with E-state index >= 15 is 0 Å². The first-order valence-electron chi connectivity index (χ1n) is 8.12. The van der Waals surface area contributed by atoms with E-state index in [-0.39, 0.29) is 35.4 Å². The van der Waals surface area contributed by atoms with Crippen molar-refractivity contribution in [3.63, 3.8) is 0 Å². The van der Waals surface area contributed by atoms with Gasteiger partial charge >= 0.3 is 0 Å². The van der Waals surface area contributed by atoms with Crippen molar-refractivity contribution in [3.05, 3.63) is 29.8 Å². The number of nitrogens with zero attached hydrogens (tertiary/aromatic N) is 1. The maximum absolute atomic E-state index is 12.0. The van der Waals surface area contributed by atoms with Gasteiger partial charge in [-0.3, -0.25) is 0 Å². The topological polar surface area (TPSA) is 106 Å². The van der Waals surface area contributed by atoms with Gasteiger partial charge in [0, 0.05) is 20.2 Å². The van der Waals surface area contributed by atoms with Gasteiger partial charge in [-0.1, -0.05) is 18.6 Å². The Morgan fingerprint density at radius 2 is 2.00 bits per heavy atom. The largest absolute Gasteiger partial charge is 0.383 e. The Balaban J connectivity index is 0.00000312. The summed E-state index contributed by atoms with van der Waals surface area (Å²) in [7, 11) is -1.97. The Labute approximate surface area is 166 Å². The van der Waals surface area contributed by atoms with Gasteiger partial charge in [-0.2, -0.15) is 0 Å². The molecule has 0 amide bonds. The number of rotatable bonds is 9. The van der Waals surface area contributed by atoms with Crippen molar-refractivity contribution in [2.24, 2.45) is 16.6 Å². The van der Waals surface area contributed by atoms with Crippen LogP contribution in [-0.2, 0) is 21.3 Å². The van der Waals surface area contributed by atoms with E-state index in [4.69, 9.17) is 10.5 Å². The first kappa shape index (κ1) is 22.1. The fourth-order valence-corrected chi connectivity index (χ4v) is 3.33. The number of aliphatic imine (C=N–C) groups is 1. The first-order valence-corrected chi connectivity index (χ1v) is 9.61. The molecule has 0 atom stereocenters. The summed E-state index contributed by atoms with van der Waals surface area (Å²) >= 11 is 0. The van der Waals surface area contributed by atoms with Crippen LogP contribution in [0.3, 0.4) is 0 Å². The van der Waals surface area contributed by atoms with E-state index in [9.17, 15) is 8.42 Å². The summed E-state index contributed by atoms with van der Waals surface area (Å²) in [5, 5.41) is 3.13. The van der Waals surface area contributed by atoms with Crippen LogP contribution in [0, 0.1) is 5.92 Å². The predicted octanol–water partition coefficient (Wildman–Crippen LogP) is 1.43. The number of guanidine groups is 1. The van der Waals surface area contributed by atoms with Crippen LogP contribution in [0.5, 0.6) is 0 Å². The summed E-state index contributed by atoms with van der Waals surface area (Å²) in [4.78, 5) is 4.50. The third-order valence-corrected chi connectivity index (χ3v) is 5.54. The number of hydrogen-bond donors (Lipinski definition) is 3. The Morgan fingerprint density at radius 3 is 2.56 bits per heavy atom. The quantitative estimate of drug-likeness (QED) is 0.214. The number of sulfonamides is 1. The molecule has 7 nitrogen and oxygen atoms in total. The summed E-state index contributed by atoms with van der Waals surface area (Å²) < 4.78 is 31.4. The molecule has 0 radical (unpaired) electrons. The van der Waals surface area contributed by atoms with Crippen LogP contribution in [0.25, 0.3) is 0 Å². The zero-order valence-electron chi connectivity index (χ0n) is 14.4. The van der Waals surface area contributed by atoms with Crippen molar-refractivity contribution in [2.75, 3.05) is 26.8 Å². The van der Waals surface area contributed by atoms with Gasteiger partial charge < -0.3 is 15.8 Å². The lowest BCUT2D eigenvalue weighted by atomic mass is 9.85. The van der Waals surface area contributed by atoms with Crippen LogP contribution < -0.4 is 15.8 Å². The van der Waals surface area contributed by atoms with Crippen molar-refractivity contribution in [3.8, 4) is 0 Å². The third kappa shape index (κ3) is 7.47. The molecule has 0 aromatic heterocycles. The maximum Gasteiger partial charge on any atom is 0.240 e. The van der Waals surface area contributed by atoms with Gasteiger partial charge in [0.1, 0.15) is 0 Å². The second-order valence-electron chi connectivity index (χ2n) is 5.91. The molecule has 1 aromatic rings. The van der Waals surface area contributed by atoms with Gasteiger partial charge in [-0.05, 0) is 36.5 Å². The number of methoxy groups -OCH3 is 1. The molecule has 0 saturated heterocycles. The number of nitrogens with two attached hydrogens (primary N) is 1. The lowest BCUT2D eigenvalue weighted by molar-refractivity contribution is 0.204. The fraction of sp³-hybridized carbons (Fsp3) is 0.562. The minimum absolute atomic E-state index is 0. The standard InChI is InChI=1S/C16H26N4O3S.HI/c1-23-10-9-20-24(21,22)15-7-5-14(6-8-15)12-19-16(17)18-11-13-3-2-4-13;/h5-8,13,20H,2-4,9-12H2,1H3,(H3,17,18,19);1H. The molecule has 0 spiro atoms. The first-order chi connectivity index (χ1) is 11.5. The minimum Gasteiger partial charge on any atom is -0.383 e. The van der Waals surface area contributed by atoms with Gasteiger partial charge in [0.25, 0.3) is 0 Å². The highest BCUT2D eigenvalue weighted by molar-refractivity contribution is 14.0. The highest BCUT2D eigenvalue weighted by Gasteiger charge is 2.16. The minimum atomic E-state index is -3.50. The summed E-state index contributed by atoms with van der Waals surface area (Å²) in [6.07, 6.45) is 3.82. The number of benzene rings is 1. The van der Waals surface area contributed by atoms with E-state index in [1.807, 2.05) is 0 Å². The molecule has 0 bridgehead atoms. The molecule has 0 heterocycles. The van der Waals surface area contributed by atoms with Crippen LogP contribution in [0.4, 0.5) is 0 Å². The summed E-state index contributed by atoms with van der Waals surface area (Å²) in [6.45, 7) is 1.87. The van der Waals surface area contributed by atoms with E-state index < -0.39 is 10.0 Å². The Hall–Kier alpha value is -0.910.